The van der Waals surface area contributed by atoms with E-state index in [1.54, 1.807) is 6.07 Å². The molecular weight excluding hydrogens is 487 g/mol. The predicted octanol–water partition coefficient (Wildman–Crippen LogP) is 3.01. The largest absolute Gasteiger partial charge is 0.407 e. The zero-order chi connectivity index (χ0) is 22.2. The van der Waals surface area contributed by atoms with E-state index in [0.717, 1.165) is 12.8 Å². The monoisotopic (exact) mass is 507 g/mol. The van der Waals surface area contributed by atoms with Crippen molar-refractivity contribution in [3.8, 4) is 6.07 Å². The topological polar surface area (TPSA) is 99.1 Å². The summed E-state index contributed by atoms with van der Waals surface area (Å²) in [6.07, 6.45) is -2.50. The molecule has 0 radical (unpaired) electrons. The summed E-state index contributed by atoms with van der Waals surface area (Å²) in [4.78, 5) is 12.7. The first-order chi connectivity index (χ1) is 13.9. The molecule has 1 amide bonds. The molecule has 0 unspecified atom stereocenters. The van der Waals surface area contributed by atoms with Gasteiger partial charge in [0.1, 0.15) is 17.6 Å². The molecule has 3 rings (SSSR count). The second kappa shape index (κ2) is 8.48. The van der Waals surface area contributed by atoms with Gasteiger partial charge < -0.3 is 5.32 Å². The van der Waals surface area contributed by atoms with Crippen molar-refractivity contribution >= 4 is 31.7 Å². The van der Waals surface area contributed by atoms with Crippen molar-refractivity contribution < 1.29 is 26.4 Å². The van der Waals surface area contributed by atoms with E-state index in [2.05, 4.69) is 26.6 Å². The number of hydrogen-bond acceptors (Lipinski definition) is 5. The van der Waals surface area contributed by atoms with Crippen LogP contribution in [-0.4, -0.2) is 43.6 Å². The van der Waals surface area contributed by atoms with Gasteiger partial charge in [-0.1, -0.05) is 28.1 Å². The molecule has 0 saturated heterocycles. The van der Waals surface area contributed by atoms with Crippen LogP contribution in [0.5, 0.6) is 0 Å². The van der Waals surface area contributed by atoms with Gasteiger partial charge in [0.2, 0.25) is 5.91 Å². The van der Waals surface area contributed by atoms with Gasteiger partial charge in [0, 0.05) is 4.47 Å². The van der Waals surface area contributed by atoms with E-state index < -0.39 is 45.3 Å². The van der Waals surface area contributed by atoms with E-state index in [1.807, 2.05) is 6.07 Å². The number of nitrogens with zero attached hydrogens (tertiary/aromatic N) is 1. The fraction of sp³-hybridized carbons (Fsp3) is 0.579. The highest BCUT2D eigenvalue weighted by molar-refractivity contribution is 9.10. The van der Waals surface area contributed by atoms with Crippen molar-refractivity contribution in [1.82, 2.24) is 10.6 Å². The fourth-order valence-corrected chi connectivity index (χ4v) is 5.50. The second-order valence-electron chi connectivity index (χ2n) is 7.95. The summed E-state index contributed by atoms with van der Waals surface area (Å²) in [7, 11) is -3.77. The molecule has 2 aliphatic rings. The van der Waals surface area contributed by atoms with Crippen molar-refractivity contribution in [3.05, 3.63) is 34.3 Å². The van der Waals surface area contributed by atoms with Crippen LogP contribution in [0.25, 0.3) is 0 Å². The number of halogens is 4. The lowest BCUT2D eigenvalue weighted by molar-refractivity contribution is -0.160. The summed E-state index contributed by atoms with van der Waals surface area (Å²) in [6.45, 7) is 0. The molecule has 1 aromatic carbocycles. The van der Waals surface area contributed by atoms with Gasteiger partial charge in [-0.25, -0.2) is 8.42 Å². The number of nitrogens with one attached hydrogen (secondary N) is 2. The molecule has 0 bridgehead atoms. The molecule has 0 aliphatic heterocycles. The van der Waals surface area contributed by atoms with E-state index in [1.165, 1.54) is 18.2 Å². The lowest BCUT2D eigenvalue weighted by Gasteiger charge is -2.28. The number of alkyl halides is 3. The number of nitriles is 1. The molecule has 30 heavy (non-hydrogen) atoms. The third-order valence-corrected chi connectivity index (χ3v) is 7.44. The van der Waals surface area contributed by atoms with Crippen molar-refractivity contribution in [1.29, 1.82) is 5.26 Å². The van der Waals surface area contributed by atoms with Crippen LogP contribution in [-0.2, 0) is 14.6 Å². The fourth-order valence-electron chi connectivity index (χ4n) is 3.14. The number of carbonyl (C=O) groups is 1. The molecule has 6 nitrogen and oxygen atoms in total. The van der Waals surface area contributed by atoms with Crippen molar-refractivity contribution in [2.45, 2.75) is 49.5 Å². The number of rotatable bonds is 9. The first-order valence-electron chi connectivity index (χ1n) is 9.45. The van der Waals surface area contributed by atoms with Gasteiger partial charge in [-0.05, 0) is 49.3 Å². The van der Waals surface area contributed by atoms with E-state index in [0.29, 0.717) is 17.3 Å². The van der Waals surface area contributed by atoms with Crippen LogP contribution in [0.2, 0.25) is 0 Å². The lowest BCUT2D eigenvalue weighted by atomic mass is 10.1. The predicted molar refractivity (Wildman–Crippen MR) is 107 cm³/mol. The maximum Gasteiger partial charge on any atom is 0.407 e. The average molecular weight is 508 g/mol. The molecule has 164 valence electrons. The highest BCUT2D eigenvalue weighted by atomic mass is 79.9. The summed E-state index contributed by atoms with van der Waals surface area (Å²) < 4.78 is 66.9. The Morgan fingerprint density at radius 1 is 1.33 bits per heavy atom. The molecule has 0 spiro atoms. The second-order valence-corrected chi connectivity index (χ2v) is 11.0. The average Bonchev–Trinajstić information content (AvgIpc) is 3.55. The Morgan fingerprint density at radius 2 is 2.00 bits per heavy atom. The Labute approximate surface area is 181 Å². The van der Waals surface area contributed by atoms with Crippen LogP contribution < -0.4 is 10.6 Å². The molecule has 2 atom stereocenters. The Kier molecular flexibility index (Phi) is 6.51. The molecule has 0 aromatic heterocycles. The summed E-state index contributed by atoms with van der Waals surface area (Å²) in [5, 5.41) is 13.8. The Hall–Kier alpha value is -1.64. The third kappa shape index (κ3) is 6.18. The molecular formula is C19H21BrF3N3O3S. The zero-order valence-corrected chi connectivity index (χ0v) is 18.3. The third-order valence-electron chi connectivity index (χ3n) is 5.13. The molecule has 1 aromatic rings. The normalized spacial score (nSPS) is 20.1. The molecule has 2 saturated carbocycles. The van der Waals surface area contributed by atoms with E-state index in [4.69, 9.17) is 0 Å². The Bertz CT molecular complexity index is 954. The van der Waals surface area contributed by atoms with Gasteiger partial charge in [0.05, 0.1) is 17.6 Å². The Balaban J connectivity index is 1.86. The van der Waals surface area contributed by atoms with Gasteiger partial charge >= 0.3 is 6.18 Å². The molecule has 2 fully saturated rings. The maximum absolute atomic E-state index is 13.8. The van der Waals surface area contributed by atoms with Crippen LogP contribution >= 0.6 is 15.9 Å². The minimum atomic E-state index is -4.77. The van der Waals surface area contributed by atoms with E-state index in [-0.39, 0.29) is 17.2 Å². The summed E-state index contributed by atoms with van der Waals surface area (Å²) in [5.41, 5.74) is -1.28. The standard InChI is InChI=1S/C19H21BrF3N3O3S/c20-14-3-1-2-13(8-14)16(19(21,22)23)25-15(10-30(28,29)9-12-4-5-12)17(27)26-18(11-24)6-7-18/h1-3,8,12,15-16,25H,4-7,9-10H2,(H,26,27)/t15-,16-/m0/s1. The van der Waals surface area contributed by atoms with Crippen LogP contribution in [0, 0.1) is 17.2 Å². The first kappa shape index (κ1) is 23.0. The minimum absolute atomic E-state index is 0.00362. The SMILES string of the molecule is N#CC1(NC(=O)[C@H](CS(=O)(=O)CC2CC2)N[C@@H](c2cccc(Br)c2)C(F)(F)F)CC1. The summed E-state index contributed by atoms with van der Waals surface area (Å²) in [5.74, 6) is -1.85. The number of sulfone groups is 1. The number of amides is 1. The van der Waals surface area contributed by atoms with Crippen molar-refractivity contribution in [3.63, 3.8) is 0 Å². The van der Waals surface area contributed by atoms with Crippen LogP contribution in [0.3, 0.4) is 0 Å². The van der Waals surface area contributed by atoms with E-state index >= 15 is 0 Å². The minimum Gasteiger partial charge on any atom is -0.336 e. The zero-order valence-electron chi connectivity index (χ0n) is 15.9. The van der Waals surface area contributed by atoms with Crippen molar-refractivity contribution in [2.75, 3.05) is 11.5 Å². The number of hydrogen-bond donors (Lipinski definition) is 2. The quantitative estimate of drug-likeness (QED) is 0.535. The Morgan fingerprint density at radius 3 is 2.50 bits per heavy atom. The highest BCUT2D eigenvalue weighted by Crippen LogP contribution is 2.36. The summed E-state index contributed by atoms with van der Waals surface area (Å²) >= 11 is 3.13. The number of carbonyl (C=O) groups excluding carboxylic acids is 1. The molecule has 2 aliphatic carbocycles. The van der Waals surface area contributed by atoms with Gasteiger partial charge in [-0.3, -0.25) is 10.1 Å². The van der Waals surface area contributed by atoms with Gasteiger partial charge in [-0.15, -0.1) is 0 Å². The smallest absolute Gasteiger partial charge is 0.336 e. The molecule has 2 N–H and O–H groups in total. The summed E-state index contributed by atoms with van der Waals surface area (Å²) in [6, 6.07) is 3.53. The van der Waals surface area contributed by atoms with Gasteiger partial charge in [-0.2, -0.15) is 18.4 Å². The van der Waals surface area contributed by atoms with Crippen molar-refractivity contribution in [2.24, 2.45) is 5.92 Å². The first-order valence-corrected chi connectivity index (χ1v) is 12.1. The van der Waals surface area contributed by atoms with Gasteiger partial charge in [0.15, 0.2) is 9.84 Å². The highest BCUT2D eigenvalue weighted by Gasteiger charge is 2.48. The number of benzene rings is 1. The van der Waals surface area contributed by atoms with Gasteiger partial charge in [0.25, 0.3) is 0 Å². The maximum atomic E-state index is 13.8. The van der Waals surface area contributed by atoms with Crippen LogP contribution in [0.4, 0.5) is 13.2 Å². The molecule has 11 heteroatoms. The van der Waals surface area contributed by atoms with Crippen LogP contribution in [0.15, 0.2) is 28.7 Å². The lowest BCUT2D eigenvalue weighted by Crippen LogP contribution is -2.54. The molecule has 0 heterocycles. The van der Waals surface area contributed by atoms with Crippen LogP contribution in [0.1, 0.15) is 37.3 Å². The van der Waals surface area contributed by atoms with E-state index in [9.17, 15) is 31.6 Å².